The van der Waals surface area contributed by atoms with Crippen LogP contribution >= 0.6 is 11.6 Å². The van der Waals surface area contributed by atoms with Crippen molar-refractivity contribution in [2.45, 2.75) is 44.0 Å². The van der Waals surface area contributed by atoms with Crippen molar-refractivity contribution >= 4 is 21.6 Å². The quantitative estimate of drug-likeness (QED) is 0.725. The predicted molar refractivity (Wildman–Crippen MR) is 81.9 cm³/mol. The highest BCUT2D eigenvalue weighted by Gasteiger charge is 2.29. The van der Waals surface area contributed by atoms with Crippen LogP contribution in [-0.2, 0) is 15.9 Å². The topological polar surface area (TPSA) is 46.6 Å². The largest absolute Gasteiger partial charge is 0.495 e. The first-order valence-electron chi connectivity index (χ1n) is 6.67. The number of sulfonamides is 1. The van der Waals surface area contributed by atoms with Gasteiger partial charge in [0.25, 0.3) is 0 Å². The molecule has 0 aliphatic heterocycles. The molecule has 0 saturated heterocycles. The Morgan fingerprint density at radius 2 is 2.00 bits per heavy atom. The van der Waals surface area contributed by atoms with E-state index in [2.05, 4.69) is 0 Å². The lowest BCUT2D eigenvalue weighted by Crippen LogP contribution is -2.38. The summed E-state index contributed by atoms with van der Waals surface area (Å²) in [5, 5.41) is 0. The summed E-state index contributed by atoms with van der Waals surface area (Å²) in [7, 11) is -2.10. The van der Waals surface area contributed by atoms with Crippen LogP contribution in [0.2, 0.25) is 0 Å². The average molecular weight is 320 g/mol. The molecule has 0 amide bonds. The smallest absolute Gasteiger partial charge is 0.246 e. The molecule has 1 aromatic carbocycles. The Hall–Kier alpha value is -0.780. The molecule has 20 heavy (non-hydrogen) atoms. The Bertz CT molecular complexity index is 545. The Kier molecular flexibility index (Phi) is 6.30. The van der Waals surface area contributed by atoms with Gasteiger partial charge in [-0.25, -0.2) is 8.42 Å². The normalized spacial score (nSPS) is 13.5. The van der Waals surface area contributed by atoms with Gasteiger partial charge in [-0.2, -0.15) is 4.31 Å². The Labute approximate surface area is 126 Å². The predicted octanol–water partition coefficient (Wildman–Crippen LogP) is 3.24. The Morgan fingerprint density at radius 3 is 2.45 bits per heavy atom. The van der Waals surface area contributed by atoms with E-state index in [9.17, 15) is 8.42 Å². The zero-order chi connectivity index (χ0) is 15.3. The van der Waals surface area contributed by atoms with Gasteiger partial charge in [0, 0.05) is 18.5 Å². The van der Waals surface area contributed by atoms with Gasteiger partial charge < -0.3 is 4.74 Å². The van der Waals surface area contributed by atoms with Gasteiger partial charge in [-0.1, -0.05) is 19.9 Å². The van der Waals surface area contributed by atoms with Crippen molar-refractivity contribution in [1.29, 1.82) is 0 Å². The van der Waals surface area contributed by atoms with Crippen molar-refractivity contribution < 1.29 is 13.2 Å². The van der Waals surface area contributed by atoms with E-state index in [0.29, 0.717) is 18.2 Å². The number of methoxy groups -OCH3 is 1. The van der Waals surface area contributed by atoms with Gasteiger partial charge in [0.2, 0.25) is 10.0 Å². The molecule has 1 unspecified atom stereocenters. The number of nitrogens with zero attached hydrogens (tertiary/aromatic N) is 1. The van der Waals surface area contributed by atoms with Crippen LogP contribution in [0.4, 0.5) is 0 Å². The molecule has 0 spiro atoms. The Morgan fingerprint density at radius 1 is 1.35 bits per heavy atom. The van der Waals surface area contributed by atoms with Gasteiger partial charge in [-0.05, 0) is 31.0 Å². The molecule has 1 aromatic rings. The number of halogens is 1. The van der Waals surface area contributed by atoms with Crippen molar-refractivity contribution in [2.24, 2.45) is 0 Å². The van der Waals surface area contributed by atoms with Crippen molar-refractivity contribution in [3.8, 4) is 5.75 Å². The van der Waals surface area contributed by atoms with Crippen LogP contribution in [0.5, 0.6) is 5.75 Å². The third-order valence-corrected chi connectivity index (χ3v) is 5.80. The third kappa shape index (κ3) is 3.45. The molecular weight excluding hydrogens is 298 g/mol. The number of rotatable bonds is 7. The molecule has 1 atom stereocenters. The second-order valence-corrected chi connectivity index (χ2v) is 6.71. The summed E-state index contributed by atoms with van der Waals surface area (Å²) in [6.45, 7) is 6.14. The van der Waals surface area contributed by atoms with Crippen molar-refractivity contribution in [1.82, 2.24) is 4.31 Å². The molecule has 1 rings (SSSR count). The van der Waals surface area contributed by atoms with E-state index < -0.39 is 10.0 Å². The second-order valence-electron chi connectivity index (χ2n) is 4.58. The Balaban J connectivity index is 3.33. The second kappa shape index (κ2) is 7.29. The lowest BCUT2D eigenvalue weighted by molar-refractivity contribution is 0.338. The fourth-order valence-electron chi connectivity index (χ4n) is 2.06. The molecule has 114 valence electrons. The molecular formula is C14H22ClNO3S. The molecule has 0 aliphatic rings. The minimum absolute atomic E-state index is 0.0533. The van der Waals surface area contributed by atoms with E-state index in [0.717, 1.165) is 12.0 Å². The molecule has 0 saturated carbocycles. The summed E-state index contributed by atoms with van der Waals surface area (Å²) >= 11 is 5.77. The first kappa shape index (κ1) is 17.3. The molecule has 4 nitrogen and oxygen atoms in total. The number of ether oxygens (including phenoxy) is 1. The van der Waals surface area contributed by atoms with Gasteiger partial charge >= 0.3 is 0 Å². The van der Waals surface area contributed by atoms with Crippen LogP contribution in [0.25, 0.3) is 0 Å². The van der Waals surface area contributed by atoms with Gasteiger partial charge in [0.05, 0.1) is 7.11 Å². The van der Waals surface area contributed by atoms with Crippen LogP contribution in [0.1, 0.15) is 32.8 Å². The zero-order valence-corrected chi connectivity index (χ0v) is 14.0. The first-order chi connectivity index (χ1) is 9.42. The fourth-order valence-corrected chi connectivity index (χ4v) is 4.07. The molecule has 0 fully saturated rings. The average Bonchev–Trinajstić information content (AvgIpc) is 2.46. The van der Waals surface area contributed by atoms with Crippen LogP contribution in [0, 0.1) is 0 Å². The van der Waals surface area contributed by atoms with E-state index in [1.807, 2.05) is 20.8 Å². The van der Waals surface area contributed by atoms with Crippen molar-refractivity contribution in [3.63, 3.8) is 0 Å². The number of hydrogen-bond acceptors (Lipinski definition) is 3. The summed E-state index contributed by atoms with van der Waals surface area (Å²) in [6.07, 6.45) is 0.759. The summed E-state index contributed by atoms with van der Waals surface area (Å²) in [4.78, 5) is 0.191. The SMILES string of the molecule is CCC(C)N(CC)S(=O)(=O)c1ccc(CCl)cc1OC. The minimum Gasteiger partial charge on any atom is -0.495 e. The molecule has 0 radical (unpaired) electrons. The van der Waals surface area contributed by atoms with Crippen LogP contribution in [-0.4, -0.2) is 32.4 Å². The highest BCUT2D eigenvalue weighted by molar-refractivity contribution is 7.89. The van der Waals surface area contributed by atoms with Gasteiger partial charge in [-0.3, -0.25) is 0 Å². The van der Waals surface area contributed by atoms with E-state index in [1.165, 1.54) is 11.4 Å². The zero-order valence-electron chi connectivity index (χ0n) is 12.4. The number of hydrogen-bond donors (Lipinski definition) is 0. The van der Waals surface area contributed by atoms with E-state index in [-0.39, 0.29) is 10.9 Å². The summed E-state index contributed by atoms with van der Waals surface area (Å²) in [5.41, 5.74) is 0.828. The highest BCUT2D eigenvalue weighted by Crippen LogP contribution is 2.29. The standard InChI is InChI=1S/C14H22ClNO3S/c1-5-11(3)16(6-2)20(17,18)14-8-7-12(10-15)9-13(14)19-4/h7-9,11H,5-6,10H2,1-4H3. The van der Waals surface area contributed by atoms with Crippen LogP contribution in [0.3, 0.4) is 0 Å². The monoisotopic (exact) mass is 319 g/mol. The number of benzene rings is 1. The van der Waals surface area contributed by atoms with E-state index >= 15 is 0 Å². The lowest BCUT2D eigenvalue weighted by Gasteiger charge is -2.27. The maximum absolute atomic E-state index is 12.8. The van der Waals surface area contributed by atoms with E-state index in [1.54, 1.807) is 18.2 Å². The summed E-state index contributed by atoms with van der Waals surface area (Å²) in [5.74, 6) is 0.657. The third-order valence-electron chi connectivity index (χ3n) is 3.36. The van der Waals surface area contributed by atoms with Crippen molar-refractivity contribution in [3.05, 3.63) is 23.8 Å². The van der Waals surface area contributed by atoms with Gasteiger partial charge in [0.15, 0.2) is 0 Å². The van der Waals surface area contributed by atoms with Gasteiger partial charge in [-0.15, -0.1) is 11.6 Å². The maximum Gasteiger partial charge on any atom is 0.246 e. The van der Waals surface area contributed by atoms with Crippen LogP contribution in [0.15, 0.2) is 23.1 Å². The van der Waals surface area contributed by atoms with Crippen LogP contribution < -0.4 is 4.74 Å². The summed E-state index contributed by atoms with van der Waals surface area (Å²) < 4.78 is 32.2. The minimum atomic E-state index is -3.56. The molecule has 0 N–H and O–H groups in total. The summed E-state index contributed by atoms with van der Waals surface area (Å²) in [6, 6.07) is 4.90. The lowest BCUT2D eigenvalue weighted by atomic mass is 10.2. The maximum atomic E-state index is 12.8. The fraction of sp³-hybridized carbons (Fsp3) is 0.571. The molecule has 6 heteroatoms. The molecule has 0 bridgehead atoms. The van der Waals surface area contributed by atoms with E-state index in [4.69, 9.17) is 16.3 Å². The highest BCUT2D eigenvalue weighted by atomic mass is 35.5. The molecule has 0 aromatic heterocycles. The van der Waals surface area contributed by atoms with Crippen molar-refractivity contribution in [2.75, 3.05) is 13.7 Å². The molecule has 0 aliphatic carbocycles. The number of alkyl halides is 1. The molecule has 0 heterocycles. The first-order valence-corrected chi connectivity index (χ1v) is 8.64. The van der Waals surface area contributed by atoms with Gasteiger partial charge in [0.1, 0.15) is 10.6 Å².